The minimum atomic E-state index is -0.683. The topological polar surface area (TPSA) is 58.6 Å². The Morgan fingerprint density at radius 1 is 1.16 bits per heavy atom. The molecule has 0 bridgehead atoms. The van der Waals surface area contributed by atoms with E-state index in [2.05, 4.69) is 21.2 Å². The molecule has 0 unspecified atom stereocenters. The van der Waals surface area contributed by atoms with Crippen LogP contribution in [0.3, 0.4) is 0 Å². The maximum atomic E-state index is 13.9. The molecule has 0 aromatic heterocycles. The summed E-state index contributed by atoms with van der Waals surface area (Å²) in [7, 11) is 0. The highest BCUT2D eigenvalue weighted by Gasteiger charge is 2.28. The van der Waals surface area contributed by atoms with Crippen LogP contribution in [0.5, 0.6) is 5.75 Å². The van der Waals surface area contributed by atoms with Crippen LogP contribution >= 0.6 is 15.9 Å². The molecule has 1 fully saturated rings. The summed E-state index contributed by atoms with van der Waals surface area (Å²) in [5.41, 5.74) is 0.880. The van der Waals surface area contributed by atoms with Crippen molar-refractivity contribution < 1.29 is 18.7 Å². The van der Waals surface area contributed by atoms with Crippen molar-refractivity contribution >= 4 is 27.7 Å². The minimum absolute atomic E-state index is 0.0116. The summed E-state index contributed by atoms with van der Waals surface area (Å²) in [6.45, 7) is 1.62. The number of ether oxygens (including phenoxy) is 1. The van der Waals surface area contributed by atoms with Gasteiger partial charge in [0, 0.05) is 17.1 Å². The second kappa shape index (κ2) is 11.3. The van der Waals surface area contributed by atoms with E-state index in [0.717, 1.165) is 35.7 Å². The van der Waals surface area contributed by atoms with Crippen LogP contribution in [0.25, 0.3) is 0 Å². The number of hydrogen-bond donors (Lipinski definition) is 1. The molecule has 2 aromatic carbocycles. The molecule has 0 heterocycles. The standard InChI is InChI=1S/C24H28BrFN2O3/c1-17(24(30)27-20-10-3-2-4-11-20)28(15-18-8-7-9-19(25)14-18)23(29)16-31-22-13-6-5-12-21(22)26/h5-9,12-14,17,20H,2-4,10-11,15-16H2,1H3,(H,27,30)/t17-/m0/s1. The molecule has 3 rings (SSSR count). The fourth-order valence-corrected chi connectivity index (χ4v) is 4.21. The van der Waals surface area contributed by atoms with E-state index in [-0.39, 0.29) is 36.8 Å². The summed E-state index contributed by atoms with van der Waals surface area (Å²) < 4.78 is 20.2. The number of nitrogens with one attached hydrogen (secondary N) is 1. The lowest BCUT2D eigenvalue weighted by atomic mass is 9.95. The summed E-state index contributed by atoms with van der Waals surface area (Å²) in [5, 5.41) is 3.09. The summed E-state index contributed by atoms with van der Waals surface area (Å²) >= 11 is 3.44. The maximum Gasteiger partial charge on any atom is 0.261 e. The van der Waals surface area contributed by atoms with Crippen molar-refractivity contribution in [1.29, 1.82) is 0 Å². The Bertz CT molecular complexity index is 902. The normalized spacial score (nSPS) is 15.2. The smallest absolute Gasteiger partial charge is 0.261 e. The van der Waals surface area contributed by atoms with Crippen LogP contribution in [-0.4, -0.2) is 35.4 Å². The van der Waals surface area contributed by atoms with Gasteiger partial charge in [0.2, 0.25) is 5.91 Å². The van der Waals surface area contributed by atoms with E-state index in [1.54, 1.807) is 19.1 Å². The highest BCUT2D eigenvalue weighted by atomic mass is 79.9. The molecule has 7 heteroatoms. The van der Waals surface area contributed by atoms with Gasteiger partial charge >= 0.3 is 0 Å². The highest BCUT2D eigenvalue weighted by molar-refractivity contribution is 9.10. The van der Waals surface area contributed by atoms with E-state index >= 15 is 0 Å². The van der Waals surface area contributed by atoms with Gasteiger partial charge in [-0.1, -0.05) is 59.5 Å². The molecule has 2 aromatic rings. The fraction of sp³-hybridized carbons (Fsp3) is 0.417. The number of hydrogen-bond acceptors (Lipinski definition) is 3. The van der Waals surface area contributed by atoms with Gasteiger partial charge in [-0.3, -0.25) is 9.59 Å². The number of carbonyl (C=O) groups excluding carboxylic acids is 2. The SMILES string of the molecule is C[C@@H](C(=O)NC1CCCCC1)N(Cc1cccc(Br)c1)C(=O)COc1ccccc1F. The van der Waals surface area contributed by atoms with Crippen LogP contribution in [0.2, 0.25) is 0 Å². The average molecular weight is 491 g/mol. The zero-order chi connectivity index (χ0) is 22.2. The van der Waals surface area contributed by atoms with Gasteiger partial charge in [-0.25, -0.2) is 4.39 Å². The van der Waals surface area contributed by atoms with E-state index in [0.29, 0.717) is 0 Å². The van der Waals surface area contributed by atoms with Crippen molar-refractivity contribution in [3.63, 3.8) is 0 Å². The molecule has 0 saturated heterocycles. The predicted molar refractivity (Wildman–Crippen MR) is 121 cm³/mol. The van der Waals surface area contributed by atoms with Gasteiger partial charge < -0.3 is 15.0 Å². The first-order valence-electron chi connectivity index (χ1n) is 10.7. The lowest BCUT2D eigenvalue weighted by Gasteiger charge is -2.31. The van der Waals surface area contributed by atoms with E-state index in [1.807, 2.05) is 24.3 Å². The first-order chi connectivity index (χ1) is 14.9. The molecule has 5 nitrogen and oxygen atoms in total. The third-order valence-electron chi connectivity index (χ3n) is 5.55. The van der Waals surface area contributed by atoms with Crippen molar-refractivity contribution in [2.45, 2.75) is 57.7 Å². The van der Waals surface area contributed by atoms with Crippen molar-refractivity contribution in [2.75, 3.05) is 6.61 Å². The maximum absolute atomic E-state index is 13.9. The number of nitrogens with zero attached hydrogens (tertiary/aromatic N) is 1. The average Bonchev–Trinajstić information content (AvgIpc) is 2.77. The highest BCUT2D eigenvalue weighted by Crippen LogP contribution is 2.20. The van der Waals surface area contributed by atoms with Crippen LogP contribution in [-0.2, 0) is 16.1 Å². The second-order valence-electron chi connectivity index (χ2n) is 7.89. The van der Waals surface area contributed by atoms with Crippen molar-refractivity contribution in [2.24, 2.45) is 0 Å². The summed E-state index contributed by atoms with van der Waals surface area (Å²) in [6, 6.07) is 13.0. The van der Waals surface area contributed by atoms with E-state index < -0.39 is 11.9 Å². The quantitative estimate of drug-likeness (QED) is 0.576. The number of carbonyl (C=O) groups is 2. The third kappa shape index (κ3) is 6.79. The molecule has 0 spiro atoms. The lowest BCUT2D eigenvalue weighted by molar-refractivity contribution is -0.142. The van der Waals surface area contributed by atoms with Crippen LogP contribution in [0, 0.1) is 5.82 Å². The largest absolute Gasteiger partial charge is 0.481 e. The number of rotatable bonds is 8. The van der Waals surface area contributed by atoms with Crippen LogP contribution in [0.4, 0.5) is 4.39 Å². The predicted octanol–water partition coefficient (Wildman–Crippen LogP) is 4.83. The molecule has 2 amide bonds. The summed E-state index contributed by atoms with van der Waals surface area (Å²) in [4.78, 5) is 27.5. The Labute approximate surface area is 191 Å². The molecule has 1 aliphatic rings. The van der Waals surface area contributed by atoms with Gasteiger partial charge in [0.15, 0.2) is 18.2 Å². The van der Waals surface area contributed by atoms with Crippen molar-refractivity contribution in [3.05, 3.63) is 64.4 Å². The molecule has 1 aliphatic carbocycles. The van der Waals surface area contributed by atoms with Gasteiger partial charge in [0.25, 0.3) is 5.91 Å². The minimum Gasteiger partial charge on any atom is -0.481 e. The lowest BCUT2D eigenvalue weighted by Crippen LogP contribution is -2.51. The van der Waals surface area contributed by atoms with Crippen LogP contribution in [0.15, 0.2) is 53.0 Å². The Morgan fingerprint density at radius 3 is 2.61 bits per heavy atom. The van der Waals surface area contributed by atoms with E-state index in [9.17, 15) is 14.0 Å². The monoisotopic (exact) mass is 490 g/mol. The Morgan fingerprint density at radius 2 is 1.90 bits per heavy atom. The first kappa shape index (κ1) is 23.3. The molecule has 1 N–H and O–H groups in total. The molecule has 31 heavy (non-hydrogen) atoms. The van der Waals surface area contributed by atoms with Gasteiger partial charge in [-0.05, 0) is 49.6 Å². The van der Waals surface area contributed by atoms with Gasteiger partial charge in [0.1, 0.15) is 6.04 Å². The molecule has 1 saturated carbocycles. The van der Waals surface area contributed by atoms with E-state index in [1.165, 1.54) is 23.5 Å². The van der Waals surface area contributed by atoms with Crippen molar-refractivity contribution in [3.8, 4) is 5.75 Å². The van der Waals surface area contributed by atoms with E-state index in [4.69, 9.17) is 4.74 Å². The molecule has 0 aliphatic heterocycles. The molecule has 1 atom stereocenters. The zero-order valence-corrected chi connectivity index (χ0v) is 19.2. The first-order valence-corrected chi connectivity index (χ1v) is 11.4. The van der Waals surface area contributed by atoms with Gasteiger partial charge in [0.05, 0.1) is 0 Å². The van der Waals surface area contributed by atoms with Gasteiger partial charge in [-0.15, -0.1) is 0 Å². The Balaban J connectivity index is 1.71. The van der Waals surface area contributed by atoms with Crippen molar-refractivity contribution in [1.82, 2.24) is 10.2 Å². The zero-order valence-electron chi connectivity index (χ0n) is 17.7. The second-order valence-corrected chi connectivity index (χ2v) is 8.81. The summed E-state index contributed by atoms with van der Waals surface area (Å²) in [6.07, 6.45) is 5.35. The Kier molecular flexibility index (Phi) is 8.46. The Hall–Kier alpha value is -2.41. The molecule has 0 radical (unpaired) electrons. The number of amides is 2. The third-order valence-corrected chi connectivity index (χ3v) is 6.04. The fourth-order valence-electron chi connectivity index (χ4n) is 3.77. The summed E-state index contributed by atoms with van der Waals surface area (Å²) in [5.74, 6) is -1.08. The molecule has 166 valence electrons. The number of para-hydroxylation sites is 1. The van der Waals surface area contributed by atoms with Crippen LogP contribution < -0.4 is 10.1 Å². The van der Waals surface area contributed by atoms with Gasteiger partial charge in [-0.2, -0.15) is 0 Å². The van der Waals surface area contributed by atoms with Crippen LogP contribution in [0.1, 0.15) is 44.6 Å². The number of benzene rings is 2. The molecular weight excluding hydrogens is 463 g/mol. The molecular formula is C24H28BrFN2O3. The number of halogens is 2.